The van der Waals surface area contributed by atoms with E-state index in [1.807, 2.05) is 32.0 Å². The minimum atomic E-state index is -1.06. The summed E-state index contributed by atoms with van der Waals surface area (Å²) in [6, 6.07) is 12.0. The molecule has 1 heterocycles. The number of benzene rings is 1. The molecule has 0 saturated heterocycles. The fraction of sp³-hybridized carbons (Fsp3) is 0.294. The quantitative estimate of drug-likeness (QED) is 0.848. The van der Waals surface area contributed by atoms with Crippen molar-refractivity contribution in [2.24, 2.45) is 5.92 Å². The highest BCUT2D eigenvalue weighted by molar-refractivity contribution is 5.93. The van der Waals surface area contributed by atoms with Crippen LogP contribution in [0.15, 0.2) is 46.9 Å². The number of rotatable bonds is 7. The summed E-state index contributed by atoms with van der Waals surface area (Å²) in [6.45, 7) is 3.79. The molecule has 0 saturated carbocycles. The maximum absolute atomic E-state index is 12.4. The highest BCUT2D eigenvalue weighted by Crippen LogP contribution is 2.24. The SMILES string of the molecule is CC(C)CN(CC(=O)O)C(=O)c1ccc(Oc2ccccc2)o1. The number of nitrogens with zero attached hydrogens (tertiary/aromatic N) is 1. The summed E-state index contributed by atoms with van der Waals surface area (Å²) in [5.41, 5.74) is 0. The van der Waals surface area contributed by atoms with E-state index in [1.165, 1.54) is 17.0 Å². The molecule has 122 valence electrons. The second-order valence-corrected chi connectivity index (χ2v) is 5.51. The van der Waals surface area contributed by atoms with Gasteiger partial charge in [-0.2, -0.15) is 0 Å². The van der Waals surface area contributed by atoms with Crippen molar-refractivity contribution in [2.45, 2.75) is 13.8 Å². The predicted molar refractivity (Wildman–Crippen MR) is 83.6 cm³/mol. The summed E-state index contributed by atoms with van der Waals surface area (Å²) >= 11 is 0. The van der Waals surface area contributed by atoms with Crippen LogP contribution in [0.25, 0.3) is 0 Å². The van der Waals surface area contributed by atoms with Gasteiger partial charge in [0.2, 0.25) is 0 Å². The van der Waals surface area contributed by atoms with E-state index in [-0.39, 0.29) is 24.2 Å². The molecule has 0 aliphatic heterocycles. The maximum Gasteiger partial charge on any atom is 0.323 e. The molecule has 1 aromatic heterocycles. The first kappa shape index (κ1) is 16.6. The fourth-order valence-electron chi connectivity index (χ4n) is 2.07. The molecule has 1 amide bonds. The topological polar surface area (TPSA) is 80.0 Å². The fourth-order valence-corrected chi connectivity index (χ4v) is 2.07. The number of para-hydroxylation sites is 1. The van der Waals surface area contributed by atoms with E-state index in [0.717, 1.165) is 0 Å². The van der Waals surface area contributed by atoms with Crippen LogP contribution in [0.1, 0.15) is 24.4 Å². The van der Waals surface area contributed by atoms with Crippen molar-refractivity contribution in [3.05, 3.63) is 48.2 Å². The molecule has 1 N–H and O–H groups in total. The average molecular weight is 317 g/mol. The molecule has 6 nitrogen and oxygen atoms in total. The summed E-state index contributed by atoms with van der Waals surface area (Å²) in [5, 5.41) is 8.94. The van der Waals surface area contributed by atoms with Gasteiger partial charge in [-0.15, -0.1) is 0 Å². The van der Waals surface area contributed by atoms with E-state index in [0.29, 0.717) is 12.3 Å². The lowest BCUT2D eigenvalue weighted by atomic mass is 10.2. The minimum absolute atomic E-state index is 0.0535. The van der Waals surface area contributed by atoms with Gasteiger partial charge in [-0.25, -0.2) is 0 Å². The Bertz CT molecular complexity index is 663. The lowest BCUT2D eigenvalue weighted by molar-refractivity contribution is -0.137. The number of hydrogen-bond donors (Lipinski definition) is 1. The molecular weight excluding hydrogens is 298 g/mol. The number of carboxylic acid groups (broad SMARTS) is 1. The number of carbonyl (C=O) groups excluding carboxylic acids is 1. The third-order valence-corrected chi connectivity index (χ3v) is 2.95. The Balaban J connectivity index is 2.10. The van der Waals surface area contributed by atoms with Gasteiger partial charge < -0.3 is 19.2 Å². The van der Waals surface area contributed by atoms with Crippen LogP contribution in [0.5, 0.6) is 11.7 Å². The Kier molecular flexibility index (Phi) is 5.41. The molecule has 1 aromatic carbocycles. The van der Waals surface area contributed by atoms with Gasteiger partial charge in [0.1, 0.15) is 12.3 Å². The number of furan rings is 1. The number of carbonyl (C=O) groups is 2. The lowest BCUT2D eigenvalue weighted by Crippen LogP contribution is -2.38. The zero-order chi connectivity index (χ0) is 16.8. The second-order valence-electron chi connectivity index (χ2n) is 5.51. The summed E-state index contributed by atoms with van der Waals surface area (Å²) in [6.07, 6.45) is 0. The van der Waals surface area contributed by atoms with Crippen molar-refractivity contribution in [2.75, 3.05) is 13.1 Å². The van der Waals surface area contributed by atoms with Gasteiger partial charge in [-0.3, -0.25) is 9.59 Å². The zero-order valence-corrected chi connectivity index (χ0v) is 13.1. The van der Waals surface area contributed by atoms with Crippen LogP contribution < -0.4 is 4.74 Å². The van der Waals surface area contributed by atoms with Crippen molar-refractivity contribution in [3.8, 4) is 11.7 Å². The summed E-state index contributed by atoms with van der Waals surface area (Å²) in [5.74, 6) is -0.564. The molecule has 2 aromatic rings. The molecule has 0 fully saturated rings. The third kappa shape index (κ3) is 4.88. The van der Waals surface area contributed by atoms with E-state index in [2.05, 4.69) is 0 Å². The van der Waals surface area contributed by atoms with Crippen LogP contribution in [0.3, 0.4) is 0 Å². The first-order valence-corrected chi connectivity index (χ1v) is 7.29. The van der Waals surface area contributed by atoms with Crippen LogP contribution in [-0.4, -0.2) is 35.0 Å². The molecular formula is C17H19NO5. The lowest BCUT2D eigenvalue weighted by Gasteiger charge is -2.21. The standard InChI is InChI=1S/C17H19NO5/c1-12(2)10-18(11-15(19)20)17(21)14-8-9-16(23-14)22-13-6-4-3-5-7-13/h3-9,12H,10-11H2,1-2H3,(H,19,20). The van der Waals surface area contributed by atoms with Gasteiger partial charge in [0.05, 0.1) is 0 Å². The third-order valence-electron chi connectivity index (χ3n) is 2.95. The van der Waals surface area contributed by atoms with Crippen LogP contribution in [0.2, 0.25) is 0 Å². The molecule has 0 atom stereocenters. The van der Waals surface area contributed by atoms with Gasteiger partial charge in [0.25, 0.3) is 11.9 Å². The minimum Gasteiger partial charge on any atom is -0.480 e. The summed E-state index contributed by atoms with van der Waals surface area (Å²) < 4.78 is 10.9. The van der Waals surface area contributed by atoms with Crippen molar-refractivity contribution >= 4 is 11.9 Å². The molecule has 0 aliphatic rings. The van der Waals surface area contributed by atoms with E-state index < -0.39 is 11.9 Å². The molecule has 0 spiro atoms. The zero-order valence-electron chi connectivity index (χ0n) is 13.1. The number of aliphatic carboxylic acids is 1. The summed E-state index contributed by atoms with van der Waals surface area (Å²) in [4.78, 5) is 24.6. The number of amides is 1. The first-order valence-electron chi connectivity index (χ1n) is 7.29. The Labute approximate surface area is 134 Å². The predicted octanol–water partition coefficient (Wildman–Crippen LogP) is 3.25. The Hall–Kier alpha value is -2.76. The van der Waals surface area contributed by atoms with E-state index in [1.54, 1.807) is 12.1 Å². The van der Waals surface area contributed by atoms with Crippen molar-refractivity contribution in [1.82, 2.24) is 4.90 Å². The highest BCUT2D eigenvalue weighted by Gasteiger charge is 2.22. The van der Waals surface area contributed by atoms with Gasteiger partial charge >= 0.3 is 5.97 Å². The monoisotopic (exact) mass is 317 g/mol. The van der Waals surface area contributed by atoms with E-state index >= 15 is 0 Å². The van der Waals surface area contributed by atoms with Crippen LogP contribution in [0.4, 0.5) is 0 Å². The first-order chi connectivity index (χ1) is 11.0. The van der Waals surface area contributed by atoms with Gasteiger partial charge in [-0.1, -0.05) is 32.0 Å². The van der Waals surface area contributed by atoms with E-state index in [4.69, 9.17) is 14.3 Å². The van der Waals surface area contributed by atoms with Gasteiger partial charge in [0, 0.05) is 12.6 Å². The number of carboxylic acids is 1. The van der Waals surface area contributed by atoms with Crippen LogP contribution >= 0.6 is 0 Å². The van der Waals surface area contributed by atoms with Crippen LogP contribution in [-0.2, 0) is 4.79 Å². The smallest absolute Gasteiger partial charge is 0.323 e. The van der Waals surface area contributed by atoms with Crippen molar-refractivity contribution in [1.29, 1.82) is 0 Å². The maximum atomic E-state index is 12.4. The highest BCUT2D eigenvalue weighted by atomic mass is 16.6. The van der Waals surface area contributed by atoms with Crippen molar-refractivity contribution in [3.63, 3.8) is 0 Å². The normalized spacial score (nSPS) is 10.6. The molecule has 0 aliphatic carbocycles. The Morgan fingerprint density at radius 2 is 1.87 bits per heavy atom. The molecule has 6 heteroatoms. The molecule has 0 bridgehead atoms. The molecule has 23 heavy (non-hydrogen) atoms. The molecule has 2 rings (SSSR count). The van der Waals surface area contributed by atoms with Gasteiger partial charge in [0.15, 0.2) is 5.76 Å². The summed E-state index contributed by atoms with van der Waals surface area (Å²) in [7, 11) is 0. The number of ether oxygens (including phenoxy) is 1. The van der Waals surface area contributed by atoms with Gasteiger partial charge in [-0.05, 0) is 24.1 Å². The molecule has 0 unspecified atom stereocenters. The second kappa shape index (κ2) is 7.49. The van der Waals surface area contributed by atoms with Crippen LogP contribution in [0, 0.1) is 5.92 Å². The average Bonchev–Trinajstić information content (AvgIpc) is 2.94. The van der Waals surface area contributed by atoms with E-state index in [9.17, 15) is 9.59 Å². The number of hydrogen-bond acceptors (Lipinski definition) is 4. The Morgan fingerprint density at radius 3 is 2.48 bits per heavy atom. The Morgan fingerprint density at radius 1 is 1.17 bits per heavy atom. The van der Waals surface area contributed by atoms with Crippen molar-refractivity contribution < 1.29 is 23.8 Å². The largest absolute Gasteiger partial charge is 0.480 e. The molecule has 0 radical (unpaired) electrons.